The van der Waals surface area contributed by atoms with Crippen molar-refractivity contribution < 1.29 is 4.79 Å². The Morgan fingerprint density at radius 2 is 1.81 bits per heavy atom. The van der Waals surface area contributed by atoms with Gasteiger partial charge in [-0.1, -0.05) is 57.0 Å². The molecule has 1 aromatic carbocycles. The standard InChI is InChI=1S/C17H25ClN2O/c1-2-3-4-5-6-7-8-11-20-15-10-9-13(18)12-14(15)16(19)17(20)21/h9-10,12,16H,2-8,11,19H2,1H3. The van der Waals surface area contributed by atoms with E-state index in [1.165, 1.54) is 38.5 Å². The molecule has 116 valence electrons. The van der Waals surface area contributed by atoms with Crippen molar-refractivity contribution in [2.24, 2.45) is 5.73 Å². The smallest absolute Gasteiger partial charge is 0.248 e. The van der Waals surface area contributed by atoms with Crippen molar-refractivity contribution in [3.8, 4) is 0 Å². The highest BCUT2D eigenvalue weighted by molar-refractivity contribution is 6.31. The average Bonchev–Trinajstić information content (AvgIpc) is 2.71. The fourth-order valence-electron chi connectivity index (χ4n) is 2.90. The largest absolute Gasteiger partial charge is 0.316 e. The molecule has 1 unspecified atom stereocenters. The van der Waals surface area contributed by atoms with Crippen LogP contribution >= 0.6 is 11.6 Å². The topological polar surface area (TPSA) is 46.3 Å². The first-order valence-corrected chi connectivity index (χ1v) is 8.39. The number of anilines is 1. The van der Waals surface area contributed by atoms with Crippen molar-refractivity contribution >= 4 is 23.2 Å². The lowest BCUT2D eigenvalue weighted by Crippen LogP contribution is -2.32. The highest BCUT2D eigenvalue weighted by atomic mass is 35.5. The highest BCUT2D eigenvalue weighted by Gasteiger charge is 2.34. The van der Waals surface area contributed by atoms with Crippen LogP contribution in [0.2, 0.25) is 5.02 Å². The van der Waals surface area contributed by atoms with Gasteiger partial charge in [-0.2, -0.15) is 0 Å². The Bertz CT molecular complexity index is 490. The van der Waals surface area contributed by atoms with Crippen molar-refractivity contribution in [1.82, 2.24) is 0 Å². The van der Waals surface area contributed by atoms with Crippen LogP contribution in [-0.4, -0.2) is 12.5 Å². The molecule has 1 amide bonds. The highest BCUT2D eigenvalue weighted by Crippen LogP contribution is 2.36. The Hall–Kier alpha value is -1.06. The minimum absolute atomic E-state index is 0.00162. The first kappa shape index (κ1) is 16.3. The number of unbranched alkanes of at least 4 members (excludes halogenated alkanes) is 6. The van der Waals surface area contributed by atoms with E-state index in [-0.39, 0.29) is 5.91 Å². The Kier molecular flexibility index (Phi) is 6.07. The number of hydrogen-bond donors (Lipinski definition) is 1. The van der Waals surface area contributed by atoms with E-state index in [4.69, 9.17) is 17.3 Å². The molecule has 1 atom stereocenters. The summed E-state index contributed by atoms with van der Waals surface area (Å²) in [6.45, 7) is 2.99. The third-order valence-electron chi connectivity index (χ3n) is 4.13. The predicted molar refractivity (Wildman–Crippen MR) is 88.7 cm³/mol. The molecule has 21 heavy (non-hydrogen) atoms. The van der Waals surface area contributed by atoms with Crippen LogP contribution < -0.4 is 10.6 Å². The zero-order valence-corrected chi connectivity index (χ0v) is 13.5. The first-order valence-electron chi connectivity index (χ1n) is 8.01. The third kappa shape index (κ3) is 3.98. The molecule has 2 N–H and O–H groups in total. The molecule has 0 bridgehead atoms. The van der Waals surface area contributed by atoms with Gasteiger partial charge in [0.25, 0.3) is 0 Å². The van der Waals surface area contributed by atoms with Crippen LogP contribution in [0.15, 0.2) is 18.2 Å². The van der Waals surface area contributed by atoms with Gasteiger partial charge in [0.05, 0.1) is 0 Å². The lowest BCUT2D eigenvalue weighted by atomic mass is 10.1. The summed E-state index contributed by atoms with van der Waals surface area (Å²) < 4.78 is 0. The summed E-state index contributed by atoms with van der Waals surface area (Å²) in [6.07, 6.45) is 8.69. The number of rotatable bonds is 8. The van der Waals surface area contributed by atoms with Crippen LogP contribution in [0, 0.1) is 0 Å². The summed E-state index contributed by atoms with van der Waals surface area (Å²) in [4.78, 5) is 14.1. The van der Waals surface area contributed by atoms with E-state index in [0.29, 0.717) is 5.02 Å². The van der Waals surface area contributed by atoms with E-state index >= 15 is 0 Å². The molecule has 1 aliphatic rings. The number of carbonyl (C=O) groups is 1. The van der Waals surface area contributed by atoms with Gasteiger partial charge in [-0.15, -0.1) is 0 Å². The maximum atomic E-state index is 12.2. The molecule has 3 nitrogen and oxygen atoms in total. The van der Waals surface area contributed by atoms with Crippen molar-refractivity contribution in [1.29, 1.82) is 0 Å². The molecule has 0 saturated heterocycles. The quantitative estimate of drug-likeness (QED) is 0.722. The number of nitrogens with zero attached hydrogens (tertiary/aromatic N) is 1. The number of fused-ring (bicyclic) bond motifs is 1. The molecule has 1 aromatic rings. The molecule has 4 heteroatoms. The molecule has 0 aromatic heterocycles. The molecule has 0 aliphatic carbocycles. The second-order valence-corrected chi connectivity index (χ2v) is 6.23. The predicted octanol–water partition coefficient (Wildman–Crippen LogP) is 4.44. The van der Waals surface area contributed by atoms with Gasteiger partial charge in [-0.05, 0) is 24.6 Å². The van der Waals surface area contributed by atoms with Gasteiger partial charge in [0.2, 0.25) is 5.91 Å². The SMILES string of the molecule is CCCCCCCCCN1C(=O)C(N)c2cc(Cl)ccc21. The third-order valence-corrected chi connectivity index (χ3v) is 4.37. The van der Waals surface area contributed by atoms with Gasteiger partial charge in [0, 0.05) is 22.8 Å². The maximum absolute atomic E-state index is 12.2. The molecule has 2 rings (SSSR count). The number of hydrogen-bond acceptors (Lipinski definition) is 2. The van der Waals surface area contributed by atoms with Crippen LogP contribution in [0.3, 0.4) is 0 Å². The van der Waals surface area contributed by atoms with Crippen LogP contribution in [0.1, 0.15) is 63.5 Å². The molecule has 1 aliphatic heterocycles. The van der Waals surface area contributed by atoms with Crippen molar-refractivity contribution in [3.05, 3.63) is 28.8 Å². The lowest BCUT2D eigenvalue weighted by Gasteiger charge is -2.17. The van der Waals surface area contributed by atoms with Gasteiger partial charge in [0.15, 0.2) is 0 Å². The van der Waals surface area contributed by atoms with E-state index < -0.39 is 6.04 Å². The molecule has 1 heterocycles. The van der Waals surface area contributed by atoms with Gasteiger partial charge < -0.3 is 10.6 Å². The van der Waals surface area contributed by atoms with E-state index in [0.717, 1.165) is 24.2 Å². The van der Waals surface area contributed by atoms with E-state index in [1.54, 1.807) is 0 Å². The minimum Gasteiger partial charge on any atom is -0.316 e. The molecule has 0 saturated carbocycles. The Morgan fingerprint density at radius 3 is 2.52 bits per heavy atom. The summed E-state index contributed by atoms with van der Waals surface area (Å²) in [5, 5.41) is 0.634. The zero-order valence-electron chi connectivity index (χ0n) is 12.8. The Morgan fingerprint density at radius 1 is 1.14 bits per heavy atom. The van der Waals surface area contributed by atoms with E-state index in [2.05, 4.69) is 6.92 Å². The number of carbonyl (C=O) groups excluding carboxylic acids is 1. The van der Waals surface area contributed by atoms with Gasteiger partial charge in [0.1, 0.15) is 6.04 Å². The number of nitrogens with two attached hydrogens (primary N) is 1. The molecular weight excluding hydrogens is 284 g/mol. The molecule has 0 spiro atoms. The monoisotopic (exact) mass is 308 g/mol. The summed E-state index contributed by atoms with van der Waals surface area (Å²) >= 11 is 5.99. The van der Waals surface area contributed by atoms with E-state index in [1.807, 2.05) is 23.1 Å². The first-order chi connectivity index (χ1) is 10.1. The fraction of sp³-hybridized carbons (Fsp3) is 0.588. The normalized spacial score (nSPS) is 17.4. The number of amides is 1. The van der Waals surface area contributed by atoms with Crippen molar-refractivity contribution in [2.45, 2.75) is 57.9 Å². The number of halogens is 1. The van der Waals surface area contributed by atoms with Crippen LogP contribution in [-0.2, 0) is 4.79 Å². The second-order valence-electron chi connectivity index (χ2n) is 5.79. The van der Waals surface area contributed by atoms with Gasteiger partial charge in [-0.25, -0.2) is 0 Å². The maximum Gasteiger partial charge on any atom is 0.248 e. The Labute approximate surface area is 132 Å². The summed E-state index contributed by atoms with van der Waals surface area (Å²) in [5.41, 5.74) is 7.77. The number of benzene rings is 1. The summed E-state index contributed by atoms with van der Waals surface area (Å²) in [7, 11) is 0. The zero-order chi connectivity index (χ0) is 15.2. The molecule has 0 fully saturated rings. The van der Waals surface area contributed by atoms with Crippen LogP contribution in [0.4, 0.5) is 5.69 Å². The second kappa shape index (κ2) is 7.81. The Balaban J connectivity index is 1.83. The molecular formula is C17H25ClN2O. The summed E-state index contributed by atoms with van der Waals surface area (Å²) in [6, 6.07) is 4.99. The minimum atomic E-state index is -0.553. The molecule has 0 radical (unpaired) electrons. The van der Waals surface area contributed by atoms with Crippen LogP contribution in [0.25, 0.3) is 0 Å². The fourth-order valence-corrected chi connectivity index (χ4v) is 3.08. The average molecular weight is 309 g/mol. The van der Waals surface area contributed by atoms with Gasteiger partial charge in [-0.3, -0.25) is 4.79 Å². The lowest BCUT2D eigenvalue weighted by molar-refractivity contribution is -0.119. The summed E-state index contributed by atoms with van der Waals surface area (Å²) in [5.74, 6) is -0.00162. The van der Waals surface area contributed by atoms with Gasteiger partial charge >= 0.3 is 0 Å². The van der Waals surface area contributed by atoms with E-state index in [9.17, 15) is 4.79 Å². The van der Waals surface area contributed by atoms with Crippen molar-refractivity contribution in [2.75, 3.05) is 11.4 Å². The van der Waals surface area contributed by atoms with Crippen LogP contribution in [0.5, 0.6) is 0 Å². The van der Waals surface area contributed by atoms with Crippen molar-refractivity contribution in [3.63, 3.8) is 0 Å².